The molecule has 4 rings (SSSR count). The van der Waals surface area contributed by atoms with E-state index in [9.17, 15) is 24.5 Å². The summed E-state index contributed by atoms with van der Waals surface area (Å²) in [5.74, 6) is -1.44. The minimum atomic E-state index is -1.01. The van der Waals surface area contributed by atoms with Crippen LogP contribution in [0.15, 0.2) is 76.8 Å². The Morgan fingerprint density at radius 1 is 1.06 bits per heavy atom. The first-order valence-electron chi connectivity index (χ1n) is 10.1. The topological polar surface area (TPSA) is 119 Å². The number of anilines is 1. The summed E-state index contributed by atoms with van der Waals surface area (Å²) in [5, 5.41) is 13.8. The van der Waals surface area contributed by atoms with Crippen LogP contribution in [0.4, 0.5) is 16.2 Å². The maximum Gasteiger partial charge on any atom is 0.335 e. The Kier molecular flexibility index (Phi) is 6.94. The number of urea groups is 1. The highest BCUT2D eigenvalue weighted by atomic mass is 79.9. The van der Waals surface area contributed by atoms with Gasteiger partial charge >= 0.3 is 6.03 Å². The van der Waals surface area contributed by atoms with Crippen LogP contribution in [0.25, 0.3) is 6.08 Å². The first-order chi connectivity index (χ1) is 16.7. The number of imide groups is 2. The first kappa shape index (κ1) is 24.1. The lowest BCUT2D eigenvalue weighted by Crippen LogP contribution is -2.54. The van der Waals surface area contributed by atoms with Crippen molar-refractivity contribution in [2.75, 3.05) is 4.90 Å². The van der Waals surface area contributed by atoms with Crippen molar-refractivity contribution < 1.29 is 24.0 Å². The van der Waals surface area contributed by atoms with Gasteiger partial charge in [-0.25, -0.2) is 9.69 Å². The highest BCUT2D eigenvalue weighted by Crippen LogP contribution is 2.29. The Labute approximate surface area is 212 Å². The lowest BCUT2D eigenvalue weighted by Gasteiger charge is -2.26. The number of nitrogens with one attached hydrogen (secondary N) is 1. The van der Waals surface area contributed by atoms with Crippen LogP contribution in [0.5, 0.6) is 5.75 Å². The summed E-state index contributed by atoms with van der Waals surface area (Å²) >= 11 is 9.27. The predicted octanol–water partition coefficient (Wildman–Crippen LogP) is 5.26. The van der Waals surface area contributed by atoms with E-state index in [2.05, 4.69) is 21.2 Å². The van der Waals surface area contributed by atoms with E-state index in [4.69, 9.17) is 16.3 Å². The molecule has 0 unspecified atom stereocenters. The molecule has 0 saturated carbocycles. The van der Waals surface area contributed by atoms with E-state index in [1.165, 1.54) is 24.3 Å². The number of rotatable bonds is 6. The molecule has 35 heavy (non-hydrogen) atoms. The van der Waals surface area contributed by atoms with Gasteiger partial charge in [0.25, 0.3) is 17.5 Å². The van der Waals surface area contributed by atoms with Gasteiger partial charge in [-0.1, -0.05) is 45.7 Å². The van der Waals surface area contributed by atoms with Crippen LogP contribution >= 0.6 is 27.5 Å². The van der Waals surface area contributed by atoms with Gasteiger partial charge in [-0.2, -0.15) is 0 Å². The fraction of sp³-hybridized carbons (Fsp3) is 0.0417. The largest absolute Gasteiger partial charge is 0.488 e. The molecule has 3 aromatic rings. The van der Waals surface area contributed by atoms with Crippen LogP contribution < -0.4 is 15.0 Å². The van der Waals surface area contributed by atoms with Gasteiger partial charge < -0.3 is 4.74 Å². The van der Waals surface area contributed by atoms with E-state index >= 15 is 0 Å². The number of ether oxygens (including phenoxy) is 1. The maximum absolute atomic E-state index is 13.2. The lowest BCUT2D eigenvalue weighted by molar-refractivity contribution is -0.384. The van der Waals surface area contributed by atoms with Crippen LogP contribution in [0.3, 0.4) is 0 Å². The molecular weight excluding hydrogens is 542 g/mol. The van der Waals surface area contributed by atoms with Crippen molar-refractivity contribution in [2.24, 2.45) is 0 Å². The van der Waals surface area contributed by atoms with Crippen LogP contribution in [-0.4, -0.2) is 22.8 Å². The third-order valence-corrected chi connectivity index (χ3v) is 5.72. The zero-order valence-electron chi connectivity index (χ0n) is 17.7. The number of carbonyl (C=O) groups excluding carboxylic acids is 3. The average molecular weight is 557 g/mol. The van der Waals surface area contributed by atoms with Crippen LogP contribution in [0, 0.1) is 10.1 Å². The molecule has 0 spiro atoms. The highest BCUT2D eigenvalue weighted by Gasteiger charge is 2.37. The van der Waals surface area contributed by atoms with E-state index in [0.29, 0.717) is 25.7 Å². The Morgan fingerprint density at radius 3 is 2.51 bits per heavy atom. The third kappa shape index (κ3) is 5.39. The predicted molar refractivity (Wildman–Crippen MR) is 132 cm³/mol. The first-order valence-corrected chi connectivity index (χ1v) is 11.2. The minimum absolute atomic E-state index is 0.0476. The highest BCUT2D eigenvalue weighted by molar-refractivity contribution is 9.10. The summed E-state index contributed by atoms with van der Waals surface area (Å²) in [4.78, 5) is 49.3. The summed E-state index contributed by atoms with van der Waals surface area (Å²) in [6, 6.07) is 16.1. The van der Waals surface area contributed by atoms with Crippen LogP contribution in [0.2, 0.25) is 5.02 Å². The molecule has 9 nitrogen and oxygen atoms in total. The summed E-state index contributed by atoms with van der Waals surface area (Å²) in [6.07, 6.45) is 1.30. The van der Waals surface area contributed by atoms with Crippen molar-refractivity contribution >= 4 is 62.8 Å². The van der Waals surface area contributed by atoms with E-state index in [1.807, 2.05) is 0 Å². The molecule has 1 saturated heterocycles. The average Bonchev–Trinajstić information content (AvgIpc) is 2.82. The molecule has 1 heterocycles. The SMILES string of the molecule is O=C1NC(=O)N(c2cccc([N+](=O)[O-])c2)C(=O)/C1=C/c1cc(Br)ccc1OCc1ccc(Cl)cc1. The number of benzene rings is 3. The summed E-state index contributed by atoms with van der Waals surface area (Å²) < 4.78 is 6.56. The van der Waals surface area contributed by atoms with Gasteiger partial charge in [0, 0.05) is 27.2 Å². The lowest BCUT2D eigenvalue weighted by atomic mass is 10.1. The number of hydrogen-bond donors (Lipinski definition) is 1. The number of nitro benzene ring substituents is 1. The van der Waals surface area contributed by atoms with Gasteiger partial charge in [-0.05, 0) is 48.0 Å². The van der Waals surface area contributed by atoms with Gasteiger partial charge in [-0.15, -0.1) is 0 Å². The number of carbonyl (C=O) groups is 3. The number of nitro groups is 1. The molecule has 0 atom stereocenters. The summed E-state index contributed by atoms with van der Waals surface area (Å²) in [7, 11) is 0. The zero-order chi connectivity index (χ0) is 25.1. The normalized spacial score (nSPS) is 14.7. The fourth-order valence-electron chi connectivity index (χ4n) is 3.30. The van der Waals surface area contributed by atoms with Gasteiger partial charge in [0.05, 0.1) is 10.6 Å². The molecule has 0 radical (unpaired) electrons. The smallest absolute Gasteiger partial charge is 0.335 e. The number of amides is 4. The number of halogens is 2. The summed E-state index contributed by atoms with van der Waals surface area (Å²) in [6.45, 7) is 0.202. The Hall–Kier alpha value is -4.02. The van der Waals surface area contributed by atoms with Gasteiger partial charge in [0.2, 0.25) is 0 Å². The quantitative estimate of drug-likeness (QED) is 0.192. The summed E-state index contributed by atoms with van der Waals surface area (Å²) in [5.41, 5.74) is 0.555. The van der Waals surface area contributed by atoms with Crippen molar-refractivity contribution in [3.05, 3.63) is 103 Å². The molecule has 0 bridgehead atoms. The van der Waals surface area contributed by atoms with E-state index in [0.717, 1.165) is 11.6 Å². The monoisotopic (exact) mass is 555 g/mol. The Morgan fingerprint density at radius 2 is 1.80 bits per heavy atom. The van der Waals surface area contributed by atoms with Crippen LogP contribution in [0.1, 0.15) is 11.1 Å². The van der Waals surface area contributed by atoms with Gasteiger partial charge in [-0.3, -0.25) is 25.0 Å². The standard InChI is InChI=1S/C24H15BrClN3O6/c25-16-6-9-21(35-13-14-4-7-17(26)8-5-14)15(10-16)11-20-22(30)27-24(32)28(23(20)31)18-2-1-3-19(12-18)29(33)34/h1-12H,13H2,(H,27,30,32)/b20-11+. The number of nitrogens with zero attached hydrogens (tertiary/aromatic N) is 2. The molecule has 11 heteroatoms. The zero-order valence-corrected chi connectivity index (χ0v) is 20.1. The molecule has 1 aliphatic heterocycles. The molecule has 1 N–H and O–H groups in total. The molecule has 0 aliphatic carbocycles. The van der Waals surface area contributed by atoms with E-state index in [1.54, 1.807) is 42.5 Å². The van der Waals surface area contributed by atoms with Gasteiger partial charge in [0.1, 0.15) is 17.9 Å². The van der Waals surface area contributed by atoms with Crippen molar-refractivity contribution in [1.29, 1.82) is 0 Å². The minimum Gasteiger partial charge on any atom is -0.488 e. The molecule has 1 aliphatic rings. The number of non-ortho nitro benzene ring substituents is 1. The second-order valence-electron chi connectivity index (χ2n) is 7.33. The molecule has 3 aromatic carbocycles. The molecule has 176 valence electrons. The fourth-order valence-corrected chi connectivity index (χ4v) is 3.80. The molecular formula is C24H15BrClN3O6. The van der Waals surface area contributed by atoms with Crippen molar-refractivity contribution in [3.63, 3.8) is 0 Å². The van der Waals surface area contributed by atoms with E-state index in [-0.39, 0.29) is 23.6 Å². The Bertz CT molecular complexity index is 1390. The Balaban J connectivity index is 1.68. The van der Waals surface area contributed by atoms with Gasteiger partial charge in [0.15, 0.2) is 0 Å². The van der Waals surface area contributed by atoms with Crippen molar-refractivity contribution in [1.82, 2.24) is 5.32 Å². The molecule has 4 amide bonds. The second kappa shape index (κ2) is 10.1. The number of hydrogen-bond acceptors (Lipinski definition) is 6. The van der Waals surface area contributed by atoms with Crippen LogP contribution in [-0.2, 0) is 16.2 Å². The molecule has 0 aromatic heterocycles. The van der Waals surface area contributed by atoms with Crippen molar-refractivity contribution in [3.8, 4) is 5.75 Å². The number of barbiturate groups is 1. The second-order valence-corrected chi connectivity index (χ2v) is 8.68. The molecule has 1 fully saturated rings. The van der Waals surface area contributed by atoms with Crippen molar-refractivity contribution in [2.45, 2.75) is 6.61 Å². The van der Waals surface area contributed by atoms with E-state index < -0.39 is 22.8 Å². The maximum atomic E-state index is 13.2. The third-order valence-electron chi connectivity index (χ3n) is 4.98.